The molecule has 4 heteroatoms. The van der Waals surface area contributed by atoms with Crippen molar-refractivity contribution in [3.8, 4) is 0 Å². The largest absolute Gasteiger partial charge is 0.364 e. The van der Waals surface area contributed by atoms with Gasteiger partial charge in [-0.2, -0.15) is 0 Å². The topological polar surface area (TPSA) is 15.3 Å². The van der Waals surface area contributed by atoms with E-state index in [1.165, 1.54) is 10.4 Å². The Kier molecular flexibility index (Phi) is 4.03. The first-order valence-electron chi connectivity index (χ1n) is 7.08. The predicted octanol–water partition coefficient (Wildman–Crippen LogP) is 3.56. The van der Waals surface area contributed by atoms with Crippen molar-refractivity contribution >= 4 is 17.0 Å². The second-order valence-electron chi connectivity index (χ2n) is 5.07. The van der Waals surface area contributed by atoms with E-state index in [2.05, 4.69) is 28.6 Å². The van der Waals surface area contributed by atoms with Gasteiger partial charge in [-0.25, -0.2) is 4.39 Å². The molecule has 0 aliphatic carbocycles. The van der Waals surface area contributed by atoms with Crippen molar-refractivity contribution in [2.24, 2.45) is 0 Å². The third kappa shape index (κ3) is 2.58. The molecule has 2 aromatic rings. The summed E-state index contributed by atoms with van der Waals surface area (Å²) in [6, 6.07) is 7.54. The summed E-state index contributed by atoms with van der Waals surface area (Å²) in [5, 5.41) is 5.43. The van der Waals surface area contributed by atoms with Crippen LogP contribution in [-0.4, -0.2) is 13.1 Å². The smallest absolute Gasteiger partial charge is 0.146 e. The molecule has 0 radical (unpaired) electrons. The van der Waals surface area contributed by atoms with Gasteiger partial charge in [0.2, 0.25) is 0 Å². The fourth-order valence-corrected chi connectivity index (χ4v) is 3.65. The molecule has 2 heterocycles. The van der Waals surface area contributed by atoms with E-state index in [0.717, 1.165) is 43.9 Å². The van der Waals surface area contributed by atoms with Gasteiger partial charge >= 0.3 is 0 Å². The Labute approximate surface area is 123 Å². The van der Waals surface area contributed by atoms with Gasteiger partial charge in [0.1, 0.15) is 5.82 Å². The Morgan fingerprint density at radius 2 is 2.25 bits per heavy atom. The molecule has 0 saturated carbocycles. The Bertz CT molecular complexity index is 594. The number of nitrogens with zero attached hydrogens (tertiary/aromatic N) is 1. The van der Waals surface area contributed by atoms with E-state index in [4.69, 9.17) is 0 Å². The molecular weight excluding hydrogens is 271 g/mol. The number of hydrogen-bond donors (Lipinski definition) is 1. The summed E-state index contributed by atoms with van der Waals surface area (Å²) in [5.74, 6) is -0.112. The van der Waals surface area contributed by atoms with E-state index in [9.17, 15) is 4.39 Å². The first-order valence-corrected chi connectivity index (χ1v) is 7.96. The van der Waals surface area contributed by atoms with Crippen LogP contribution in [0.4, 0.5) is 10.1 Å². The zero-order chi connectivity index (χ0) is 13.9. The molecule has 0 unspecified atom stereocenters. The number of fused-ring (bicyclic) bond motifs is 1. The number of thiophene rings is 1. The van der Waals surface area contributed by atoms with Crippen LogP contribution in [0.3, 0.4) is 0 Å². The number of nitrogens with one attached hydrogen (secondary N) is 1. The lowest BCUT2D eigenvalue weighted by Crippen LogP contribution is -2.31. The van der Waals surface area contributed by atoms with Crippen LogP contribution in [0.25, 0.3) is 0 Å². The zero-order valence-electron chi connectivity index (χ0n) is 11.7. The van der Waals surface area contributed by atoms with Crippen molar-refractivity contribution in [2.75, 3.05) is 18.0 Å². The highest BCUT2D eigenvalue weighted by Crippen LogP contribution is 2.31. The van der Waals surface area contributed by atoms with Crippen molar-refractivity contribution in [3.05, 3.63) is 51.5 Å². The molecule has 0 bridgehead atoms. The molecule has 1 N–H and O–H groups in total. The monoisotopic (exact) mass is 290 g/mol. The van der Waals surface area contributed by atoms with Gasteiger partial charge in [0.05, 0.1) is 5.69 Å². The summed E-state index contributed by atoms with van der Waals surface area (Å²) in [6.45, 7) is 5.39. The lowest BCUT2D eigenvalue weighted by Gasteiger charge is -2.31. The molecule has 0 spiro atoms. The first-order chi connectivity index (χ1) is 9.79. The quantitative estimate of drug-likeness (QED) is 0.926. The lowest BCUT2D eigenvalue weighted by atomic mass is 10.1. The molecule has 2 nitrogen and oxygen atoms in total. The molecule has 1 aromatic carbocycles. The van der Waals surface area contributed by atoms with Crippen molar-refractivity contribution in [1.82, 2.24) is 5.32 Å². The summed E-state index contributed by atoms with van der Waals surface area (Å²) in [4.78, 5) is 3.63. The van der Waals surface area contributed by atoms with Crippen LogP contribution in [0.1, 0.15) is 22.9 Å². The van der Waals surface area contributed by atoms with Crippen LogP contribution >= 0.6 is 11.3 Å². The maximum Gasteiger partial charge on any atom is 0.146 e. The van der Waals surface area contributed by atoms with Crippen LogP contribution in [-0.2, 0) is 19.5 Å². The number of para-hydroxylation sites is 1. The Morgan fingerprint density at radius 1 is 1.35 bits per heavy atom. The van der Waals surface area contributed by atoms with Crippen LogP contribution in [0, 0.1) is 5.82 Å². The van der Waals surface area contributed by atoms with Gasteiger partial charge in [0.25, 0.3) is 0 Å². The molecule has 0 atom stereocenters. The maximum atomic E-state index is 14.3. The fourth-order valence-electron chi connectivity index (χ4n) is 2.76. The lowest BCUT2D eigenvalue weighted by molar-refractivity contribution is 0.604. The third-order valence-electron chi connectivity index (χ3n) is 3.76. The second-order valence-corrected chi connectivity index (χ2v) is 6.07. The molecule has 1 aliphatic heterocycles. The molecule has 0 saturated heterocycles. The summed E-state index contributed by atoms with van der Waals surface area (Å²) in [6.07, 6.45) is 1.02. The average Bonchev–Trinajstić information content (AvgIpc) is 2.92. The highest BCUT2D eigenvalue weighted by molar-refractivity contribution is 7.10. The molecule has 0 fully saturated rings. The standard InChI is InChI=1S/C16H19FN2S/c1-2-18-10-12-4-3-5-14(17)16(12)19-8-6-15-13(11-19)7-9-20-15/h3-5,7,9,18H,2,6,8,10-11H2,1H3. The number of benzene rings is 1. The molecule has 1 aliphatic rings. The second kappa shape index (κ2) is 5.94. The van der Waals surface area contributed by atoms with Crippen LogP contribution < -0.4 is 10.2 Å². The minimum atomic E-state index is -0.112. The summed E-state index contributed by atoms with van der Waals surface area (Å²) >= 11 is 1.81. The van der Waals surface area contributed by atoms with Crippen LogP contribution in [0.15, 0.2) is 29.6 Å². The van der Waals surface area contributed by atoms with E-state index in [1.807, 2.05) is 17.4 Å². The fraction of sp³-hybridized carbons (Fsp3) is 0.375. The van der Waals surface area contributed by atoms with Crippen molar-refractivity contribution in [1.29, 1.82) is 0 Å². The van der Waals surface area contributed by atoms with Crippen LogP contribution in [0.5, 0.6) is 0 Å². The van der Waals surface area contributed by atoms with Gasteiger partial charge in [-0.15, -0.1) is 11.3 Å². The molecule has 3 rings (SSSR count). The average molecular weight is 290 g/mol. The SMILES string of the molecule is CCNCc1cccc(F)c1N1CCc2sccc2C1. The van der Waals surface area contributed by atoms with Gasteiger partial charge < -0.3 is 10.2 Å². The number of rotatable bonds is 4. The Hall–Kier alpha value is -1.39. The predicted molar refractivity (Wildman–Crippen MR) is 82.9 cm³/mol. The Morgan fingerprint density at radius 3 is 3.10 bits per heavy atom. The number of halogens is 1. The van der Waals surface area contributed by atoms with Gasteiger partial charge in [-0.05, 0) is 41.6 Å². The minimum Gasteiger partial charge on any atom is -0.364 e. The van der Waals surface area contributed by atoms with Crippen molar-refractivity contribution in [3.63, 3.8) is 0 Å². The zero-order valence-corrected chi connectivity index (χ0v) is 12.5. The molecule has 106 valence electrons. The maximum absolute atomic E-state index is 14.3. The van der Waals surface area contributed by atoms with Gasteiger partial charge in [-0.3, -0.25) is 0 Å². The summed E-state index contributed by atoms with van der Waals surface area (Å²) in [5.41, 5.74) is 3.16. The van der Waals surface area contributed by atoms with Gasteiger partial charge in [-0.1, -0.05) is 19.1 Å². The van der Waals surface area contributed by atoms with E-state index in [-0.39, 0.29) is 5.82 Å². The number of hydrogen-bond acceptors (Lipinski definition) is 3. The van der Waals surface area contributed by atoms with Gasteiger partial charge in [0, 0.05) is 24.5 Å². The van der Waals surface area contributed by atoms with E-state index >= 15 is 0 Å². The molecule has 0 amide bonds. The van der Waals surface area contributed by atoms with E-state index in [1.54, 1.807) is 12.1 Å². The molecule has 20 heavy (non-hydrogen) atoms. The third-order valence-corrected chi connectivity index (χ3v) is 4.78. The van der Waals surface area contributed by atoms with E-state index < -0.39 is 0 Å². The normalized spacial score (nSPS) is 14.4. The van der Waals surface area contributed by atoms with E-state index in [0.29, 0.717) is 0 Å². The summed E-state index contributed by atoms with van der Waals surface area (Å²) in [7, 11) is 0. The molecule has 1 aromatic heterocycles. The van der Waals surface area contributed by atoms with Crippen LogP contribution in [0.2, 0.25) is 0 Å². The Balaban J connectivity index is 1.90. The van der Waals surface area contributed by atoms with Gasteiger partial charge in [0.15, 0.2) is 0 Å². The molecular formula is C16H19FN2S. The van der Waals surface area contributed by atoms with Crippen molar-refractivity contribution in [2.45, 2.75) is 26.4 Å². The highest BCUT2D eigenvalue weighted by atomic mass is 32.1. The first kappa shape index (κ1) is 13.6. The minimum absolute atomic E-state index is 0.112. The number of anilines is 1. The highest BCUT2D eigenvalue weighted by Gasteiger charge is 2.21. The van der Waals surface area contributed by atoms with Crippen molar-refractivity contribution < 1.29 is 4.39 Å². The summed E-state index contributed by atoms with van der Waals surface area (Å²) < 4.78 is 14.3.